The van der Waals surface area contributed by atoms with E-state index >= 15 is 0 Å². The molecule has 3 aromatic rings. The second kappa shape index (κ2) is 10.3. The quantitative estimate of drug-likeness (QED) is 0.297. The maximum absolute atomic E-state index is 13.3. The molecule has 2 atom stereocenters. The van der Waals surface area contributed by atoms with Crippen molar-refractivity contribution in [3.8, 4) is 0 Å². The minimum atomic E-state index is -0.480. The molecule has 8 heteroatoms. The third-order valence-corrected chi connectivity index (χ3v) is 6.94. The van der Waals surface area contributed by atoms with E-state index in [1.165, 1.54) is 29.8 Å². The van der Waals surface area contributed by atoms with Gasteiger partial charge in [0.1, 0.15) is 6.10 Å². The van der Waals surface area contributed by atoms with Crippen molar-refractivity contribution in [3.05, 3.63) is 112 Å². The van der Waals surface area contributed by atoms with Crippen molar-refractivity contribution in [1.29, 1.82) is 0 Å². The predicted octanol–water partition coefficient (Wildman–Crippen LogP) is 4.02. The van der Waals surface area contributed by atoms with Crippen molar-refractivity contribution >= 4 is 17.6 Å². The van der Waals surface area contributed by atoms with E-state index in [0.29, 0.717) is 37.3 Å². The van der Waals surface area contributed by atoms with E-state index in [0.717, 1.165) is 6.54 Å². The Morgan fingerprint density at radius 3 is 1.97 bits per heavy atom. The number of nitro groups is 1. The topological polar surface area (TPSA) is 93.0 Å². The van der Waals surface area contributed by atoms with Gasteiger partial charge in [-0.1, -0.05) is 48.5 Å². The van der Waals surface area contributed by atoms with Gasteiger partial charge in [0.15, 0.2) is 0 Å². The van der Waals surface area contributed by atoms with Crippen molar-refractivity contribution < 1.29 is 19.2 Å². The smallest absolute Gasteiger partial charge is 0.338 e. The summed E-state index contributed by atoms with van der Waals surface area (Å²) in [5.41, 5.74) is 2.10. The third kappa shape index (κ3) is 5.13. The average Bonchev–Trinajstić information content (AvgIpc) is 2.89. The zero-order chi connectivity index (χ0) is 25.1. The Morgan fingerprint density at radius 2 is 1.39 bits per heavy atom. The highest BCUT2D eigenvalue weighted by Crippen LogP contribution is 2.34. The summed E-state index contributed by atoms with van der Waals surface area (Å²) in [7, 11) is 0. The van der Waals surface area contributed by atoms with E-state index < -0.39 is 4.92 Å². The van der Waals surface area contributed by atoms with Crippen LogP contribution in [0.25, 0.3) is 0 Å². The fourth-order valence-electron chi connectivity index (χ4n) is 5.30. The Hall–Kier alpha value is -4.04. The number of carbonyl (C=O) groups is 2. The molecule has 1 amide bonds. The first-order chi connectivity index (χ1) is 17.5. The number of hydrogen-bond acceptors (Lipinski definition) is 6. The number of nitro benzene ring substituents is 1. The van der Waals surface area contributed by atoms with Crippen molar-refractivity contribution in [2.45, 2.75) is 12.6 Å². The summed E-state index contributed by atoms with van der Waals surface area (Å²) in [6, 6.07) is 24.9. The highest BCUT2D eigenvalue weighted by atomic mass is 16.6. The molecule has 8 nitrogen and oxygen atoms in total. The van der Waals surface area contributed by atoms with Gasteiger partial charge >= 0.3 is 5.97 Å². The first-order valence-electron chi connectivity index (χ1n) is 12.0. The largest absolute Gasteiger partial charge is 0.458 e. The van der Waals surface area contributed by atoms with E-state index in [2.05, 4.69) is 17.0 Å². The molecule has 0 aromatic heterocycles. The molecule has 2 heterocycles. The van der Waals surface area contributed by atoms with Crippen LogP contribution < -0.4 is 0 Å². The van der Waals surface area contributed by atoms with Crippen LogP contribution in [0.4, 0.5) is 5.69 Å². The zero-order valence-corrected chi connectivity index (χ0v) is 19.7. The Morgan fingerprint density at radius 1 is 0.806 bits per heavy atom. The van der Waals surface area contributed by atoms with Crippen molar-refractivity contribution in [2.24, 2.45) is 11.8 Å². The number of carbonyl (C=O) groups excluding carboxylic acids is 2. The first-order valence-corrected chi connectivity index (χ1v) is 12.0. The zero-order valence-electron chi connectivity index (χ0n) is 19.7. The number of fused-ring (bicyclic) bond motifs is 2. The third-order valence-electron chi connectivity index (χ3n) is 6.94. The summed E-state index contributed by atoms with van der Waals surface area (Å²) >= 11 is 0. The summed E-state index contributed by atoms with van der Waals surface area (Å²) in [5.74, 6) is -0.599. The lowest BCUT2D eigenvalue weighted by atomic mass is 9.81. The molecule has 2 fully saturated rings. The van der Waals surface area contributed by atoms with E-state index in [9.17, 15) is 19.7 Å². The Kier molecular flexibility index (Phi) is 6.77. The number of ether oxygens (including phenoxy) is 1. The minimum Gasteiger partial charge on any atom is -0.458 e. The number of nitrogens with zero attached hydrogens (tertiary/aromatic N) is 3. The van der Waals surface area contributed by atoms with Crippen molar-refractivity contribution in [1.82, 2.24) is 9.80 Å². The molecule has 3 aromatic carbocycles. The molecular formula is C28H27N3O5. The molecule has 2 bridgehead atoms. The van der Waals surface area contributed by atoms with E-state index in [4.69, 9.17) is 4.74 Å². The highest BCUT2D eigenvalue weighted by Gasteiger charge is 2.45. The second-order valence-corrected chi connectivity index (χ2v) is 9.45. The summed E-state index contributed by atoms with van der Waals surface area (Å²) < 4.78 is 6.04. The van der Waals surface area contributed by atoms with Gasteiger partial charge in [0.2, 0.25) is 0 Å². The number of piperidine rings is 2. The molecule has 0 radical (unpaired) electrons. The molecule has 2 aliphatic heterocycles. The average molecular weight is 486 g/mol. The molecule has 36 heavy (non-hydrogen) atoms. The van der Waals surface area contributed by atoms with Crippen LogP contribution in [0.1, 0.15) is 26.3 Å². The molecule has 0 spiro atoms. The standard InChI is InChI=1S/C28H27N3O5/c32-27(21-11-13-25(14-12-21)31(34)35)30-18-23-16-29(15-20-7-3-1-4-8-20)17-24(19-30)26(23)36-28(33)22-9-5-2-6-10-22/h1-14,23-24,26H,15-19H2. The van der Waals surface area contributed by atoms with E-state index in [1.807, 2.05) is 36.4 Å². The van der Waals surface area contributed by atoms with E-state index in [1.54, 1.807) is 17.0 Å². The Bertz CT molecular complexity index is 1220. The maximum Gasteiger partial charge on any atom is 0.338 e. The van der Waals surface area contributed by atoms with Crippen LogP contribution in [-0.2, 0) is 11.3 Å². The second-order valence-electron chi connectivity index (χ2n) is 9.45. The summed E-state index contributed by atoms with van der Waals surface area (Å²) in [6.07, 6.45) is -0.286. The molecule has 0 aliphatic carbocycles. The van der Waals surface area contributed by atoms with Crippen LogP contribution in [0.3, 0.4) is 0 Å². The lowest BCUT2D eigenvalue weighted by Crippen LogP contribution is -2.61. The first kappa shape index (κ1) is 23.7. The molecule has 2 unspecified atom stereocenters. The number of likely N-dealkylation sites (tertiary alicyclic amines) is 2. The Balaban J connectivity index is 1.34. The van der Waals surface area contributed by atoms with Gasteiger partial charge in [0, 0.05) is 62.3 Å². The fraction of sp³-hybridized carbons (Fsp3) is 0.286. The Labute approximate surface area is 209 Å². The van der Waals surface area contributed by atoms with Gasteiger partial charge in [-0.3, -0.25) is 19.8 Å². The molecule has 0 saturated carbocycles. The molecule has 2 saturated heterocycles. The number of rotatable bonds is 6. The summed E-state index contributed by atoms with van der Waals surface area (Å²) in [5, 5.41) is 11.0. The molecule has 5 rings (SSSR count). The van der Waals surface area contributed by atoms with Gasteiger partial charge in [-0.15, -0.1) is 0 Å². The van der Waals surface area contributed by atoms with E-state index in [-0.39, 0.29) is 35.5 Å². The number of non-ortho nitro benzene ring substituents is 1. The van der Waals surface area contributed by atoms with Crippen LogP contribution in [0.2, 0.25) is 0 Å². The highest BCUT2D eigenvalue weighted by molar-refractivity contribution is 5.94. The van der Waals surface area contributed by atoms with Gasteiger partial charge in [-0.25, -0.2) is 4.79 Å². The molecular weight excluding hydrogens is 458 g/mol. The van der Waals surface area contributed by atoms with Crippen LogP contribution in [0, 0.1) is 22.0 Å². The fourth-order valence-corrected chi connectivity index (χ4v) is 5.30. The lowest BCUT2D eigenvalue weighted by molar-refractivity contribution is -0.384. The lowest BCUT2D eigenvalue weighted by Gasteiger charge is -2.50. The van der Waals surface area contributed by atoms with Gasteiger partial charge < -0.3 is 9.64 Å². The SMILES string of the molecule is O=C(OC1C2CN(Cc3ccccc3)CC1CN(C(=O)c1ccc([N+](=O)[O-])cc1)C2)c1ccccc1. The summed E-state index contributed by atoms with van der Waals surface area (Å²) in [4.78, 5) is 40.8. The van der Waals surface area contributed by atoms with Crippen LogP contribution in [0.15, 0.2) is 84.9 Å². The maximum atomic E-state index is 13.3. The number of esters is 1. The van der Waals surface area contributed by atoms with Gasteiger partial charge in [0.05, 0.1) is 10.5 Å². The predicted molar refractivity (Wildman–Crippen MR) is 133 cm³/mol. The monoisotopic (exact) mass is 485 g/mol. The summed E-state index contributed by atoms with van der Waals surface area (Å²) in [6.45, 7) is 3.09. The van der Waals surface area contributed by atoms with Gasteiger partial charge in [-0.2, -0.15) is 0 Å². The van der Waals surface area contributed by atoms with Gasteiger partial charge in [0.25, 0.3) is 11.6 Å². The van der Waals surface area contributed by atoms with Crippen LogP contribution >= 0.6 is 0 Å². The van der Waals surface area contributed by atoms with Crippen LogP contribution in [-0.4, -0.2) is 58.9 Å². The molecule has 0 N–H and O–H groups in total. The number of benzene rings is 3. The van der Waals surface area contributed by atoms with Crippen LogP contribution in [0.5, 0.6) is 0 Å². The minimum absolute atomic E-state index is 0.0455. The van der Waals surface area contributed by atoms with Gasteiger partial charge in [-0.05, 0) is 29.8 Å². The normalized spacial score (nSPS) is 21.6. The molecule has 184 valence electrons. The van der Waals surface area contributed by atoms with Crippen molar-refractivity contribution in [2.75, 3.05) is 26.2 Å². The number of amides is 1. The number of hydrogen-bond donors (Lipinski definition) is 0. The van der Waals surface area contributed by atoms with Crippen molar-refractivity contribution in [3.63, 3.8) is 0 Å². The molecule has 2 aliphatic rings.